The second kappa shape index (κ2) is 28.5. The number of ether oxygens (including phenoxy) is 16. The zero-order valence-electron chi connectivity index (χ0n) is 51.6. The highest BCUT2D eigenvalue weighted by atomic mass is 16.9. The highest BCUT2D eigenvalue weighted by Crippen LogP contribution is 2.45. The summed E-state index contributed by atoms with van der Waals surface area (Å²) in [7, 11) is 0. The maximum absolute atomic E-state index is 14.6. The van der Waals surface area contributed by atoms with Gasteiger partial charge in [0.15, 0.2) is 42.7 Å². The molecule has 5 heterocycles. The van der Waals surface area contributed by atoms with Gasteiger partial charge in [0.05, 0.1) is 63.7 Å². The first-order chi connectivity index (χ1) is 41.7. The fourth-order valence-electron chi connectivity index (χ4n) is 11.1. The molecule has 5 fully saturated rings. The van der Waals surface area contributed by atoms with Crippen molar-refractivity contribution in [2.75, 3.05) is 19.8 Å². The summed E-state index contributed by atoms with van der Waals surface area (Å²) in [4.78, 5) is 29.2. The third-order valence-electron chi connectivity index (χ3n) is 15.5. The van der Waals surface area contributed by atoms with Gasteiger partial charge in [-0.2, -0.15) is 0 Å². The first-order valence-electron chi connectivity index (χ1n) is 30.2. The second-order valence-corrected chi connectivity index (χ2v) is 25.8. The summed E-state index contributed by atoms with van der Waals surface area (Å²) in [6.45, 7) is 18.3. The third-order valence-corrected chi connectivity index (χ3v) is 15.5. The Balaban J connectivity index is 1.06. The molecule has 5 aromatic carbocycles. The van der Waals surface area contributed by atoms with E-state index >= 15 is 0 Å². The Morgan fingerprint density at radius 3 is 1.21 bits per heavy atom. The van der Waals surface area contributed by atoms with Gasteiger partial charge < -0.3 is 75.8 Å². The number of rotatable bonds is 24. The van der Waals surface area contributed by atoms with Gasteiger partial charge >= 0.3 is 11.9 Å². The van der Waals surface area contributed by atoms with E-state index in [1.807, 2.05) is 179 Å². The first kappa shape index (κ1) is 64.5. The monoisotopic (exact) mass is 1200 g/mol. The molecule has 0 aliphatic carbocycles. The summed E-state index contributed by atoms with van der Waals surface area (Å²) in [6, 6.07) is 48.6. The lowest BCUT2D eigenvalue weighted by Gasteiger charge is -2.50. The lowest BCUT2D eigenvalue weighted by molar-refractivity contribution is -0.374. The predicted octanol–water partition coefficient (Wildman–Crippen LogP) is 10.3. The van der Waals surface area contributed by atoms with Crippen LogP contribution in [0.5, 0.6) is 0 Å². The highest BCUT2D eigenvalue weighted by Gasteiger charge is 2.62. The molecule has 0 aromatic heterocycles. The Kier molecular flexibility index (Phi) is 21.1. The van der Waals surface area contributed by atoms with Gasteiger partial charge in [-0.3, -0.25) is 9.59 Å². The molecule has 0 radical (unpaired) electrons. The molecule has 0 spiro atoms. The van der Waals surface area contributed by atoms with Crippen molar-refractivity contribution in [2.24, 2.45) is 10.8 Å². The summed E-state index contributed by atoms with van der Waals surface area (Å²) in [5.41, 5.74) is 2.38. The van der Waals surface area contributed by atoms with Crippen molar-refractivity contribution in [3.8, 4) is 0 Å². The van der Waals surface area contributed by atoms with E-state index < -0.39 is 126 Å². The molecule has 87 heavy (non-hydrogen) atoms. The van der Waals surface area contributed by atoms with Crippen molar-refractivity contribution in [1.29, 1.82) is 0 Å². The van der Waals surface area contributed by atoms with Crippen molar-refractivity contribution >= 4 is 11.9 Å². The minimum atomic E-state index is -1.45. The zero-order valence-corrected chi connectivity index (χ0v) is 51.6. The number of fused-ring (bicyclic) bond motifs is 3. The molecule has 5 aliphatic rings. The largest absolute Gasteiger partial charge is 0.454 e. The Bertz CT molecular complexity index is 2920. The average molecular weight is 1200 g/mol. The van der Waals surface area contributed by atoms with Gasteiger partial charge in [-0.1, -0.05) is 152 Å². The van der Waals surface area contributed by atoms with E-state index in [-0.39, 0.29) is 52.9 Å². The molecule has 10 rings (SSSR count). The van der Waals surface area contributed by atoms with Gasteiger partial charge in [-0.05, 0) is 97.1 Å². The predicted molar refractivity (Wildman–Crippen MR) is 317 cm³/mol. The molecule has 0 amide bonds. The van der Waals surface area contributed by atoms with Crippen LogP contribution in [0.4, 0.5) is 0 Å². The molecule has 0 N–H and O–H groups in total. The summed E-state index contributed by atoms with van der Waals surface area (Å²) in [6.07, 6.45) is -15.3. The normalized spacial score (nSPS) is 30.3. The van der Waals surface area contributed by atoms with E-state index in [9.17, 15) is 9.59 Å². The van der Waals surface area contributed by atoms with Gasteiger partial charge in [0, 0.05) is 0 Å². The van der Waals surface area contributed by atoms with E-state index in [4.69, 9.17) is 75.8 Å². The van der Waals surface area contributed by atoms with E-state index in [0.717, 1.165) is 27.8 Å². The summed E-state index contributed by atoms with van der Waals surface area (Å²) < 4.78 is 109. The van der Waals surface area contributed by atoms with Crippen LogP contribution < -0.4 is 0 Å². The molecule has 5 aliphatic heterocycles. The highest BCUT2D eigenvalue weighted by molar-refractivity contribution is 5.76. The smallest absolute Gasteiger partial charge is 0.311 e. The van der Waals surface area contributed by atoms with Gasteiger partial charge in [0.25, 0.3) is 0 Å². The number of benzene rings is 5. The number of carbonyl (C=O) groups is 2. The quantitative estimate of drug-likeness (QED) is 0.0532. The van der Waals surface area contributed by atoms with Gasteiger partial charge in [-0.15, -0.1) is 0 Å². The Hall–Kier alpha value is -5.52. The van der Waals surface area contributed by atoms with Crippen LogP contribution in [-0.2, 0) is 118 Å². The summed E-state index contributed by atoms with van der Waals surface area (Å²) >= 11 is 0. The van der Waals surface area contributed by atoms with Crippen molar-refractivity contribution in [3.63, 3.8) is 0 Å². The van der Waals surface area contributed by atoms with E-state index in [1.54, 1.807) is 41.5 Å². The topological polar surface area (TPSA) is 182 Å². The van der Waals surface area contributed by atoms with E-state index in [1.165, 1.54) is 0 Å². The molecule has 5 saturated heterocycles. The molecule has 15 atom stereocenters. The van der Waals surface area contributed by atoms with Crippen LogP contribution in [-0.4, -0.2) is 135 Å². The van der Waals surface area contributed by atoms with Crippen LogP contribution in [0.2, 0.25) is 0 Å². The summed E-state index contributed by atoms with van der Waals surface area (Å²) in [5.74, 6) is -3.10. The number of carbonyl (C=O) groups excluding carboxylic acids is 2. The SMILES string of the molecule is CC1(C)O[C@H]2[C@@H](O1)[C@@H](CO[C@@H]1O[C@H](COCc3ccccc3)[C@@H](O[C@@H]3O[C@H](COCc4ccccc4)[C@@H](OCc4ccccc4)[C@H](OCc4ccccc4)[C@H]3OC(=O)C(C)(C)C)[C@H](OCc3ccccc3)[C@H]1OC(=O)C(C)(C)C)O[C@@H]1OC(C)(C)O[C@@H]12. The molecule has 0 unspecified atom stereocenters. The fourth-order valence-corrected chi connectivity index (χ4v) is 11.1. The minimum Gasteiger partial charge on any atom is -0.454 e. The van der Waals surface area contributed by atoms with E-state index in [0.29, 0.717) is 0 Å². The third kappa shape index (κ3) is 17.1. The Morgan fingerprint density at radius 1 is 0.379 bits per heavy atom. The molecule has 0 bridgehead atoms. The van der Waals surface area contributed by atoms with Crippen LogP contribution in [0.15, 0.2) is 152 Å². The molecule has 470 valence electrons. The van der Waals surface area contributed by atoms with Crippen LogP contribution >= 0.6 is 0 Å². The maximum Gasteiger partial charge on any atom is 0.311 e. The summed E-state index contributed by atoms with van der Waals surface area (Å²) in [5, 5.41) is 0. The van der Waals surface area contributed by atoms with Gasteiger partial charge in [0.2, 0.25) is 0 Å². The first-order valence-corrected chi connectivity index (χ1v) is 30.2. The van der Waals surface area contributed by atoms with Crippen molar-refractivity contribution in [1.82, 2.24) is 0 Å². The number of hydrogen-bond donors (Lipinski definition) is 0. The van der Waals surface area contributed by atoms with Gasteiger partial charge in [0.1, 0.15) is 61.0 Å². The molecule has 18 heteroatoms. The maximum atomic E-state index is 14.6. The van der Waals surface area contributed by atoms with Crippen molar-refractivity contribution < 1.29 is 85.4 Å². The van der Waals surface area contributed by atoms with Crippen LogP contribution in [0, 0.1) is 10.8 Å². The van der Waals surface area contributed by atoms with Crippen molar-refractivity contribution in [3.05, 3.63) is 179 Å². The molecule has 0 saturated carbocycles. The Labute approximate surface area is 511 Å². The Morgan fingerprint density at radius 2 is 0.747 bits per heavy atom. The second-order valence-electron chi connectivity index (χ2n) is 25.8. The molecular weight excluding hydrogens is 1120 g/mol. The van der Waals surface area contributed by atoms with Crippen molar-refractivity contribution in [2.45, 2.75) is 206 Å². The lowest BCUT2D eigenvalue weighted by atomic mass is 9.94. The fraction of sp³-hybridized carbons (Fsp3) is 0.536. The van der Waals surface area contributed by atoms with Crippen LogP contribution in [0.25, 0.3) is 0 Å². The standard InChI is InChI=1S/C69H86O18/c1-66(2,3)64(70)82-58-56(76-40-48-34-24-15-25-35-48)53(50(42-73-37-45-28-18-12-19-29-45)78-61(58)77-43-51-54-57(85-68(7,8)84-54)60-63(80-51)87-69(9,10)86-60)81-62-59(83-65(71)67(4,5)6)55(75-39-47-32-22-14-23-33-47)52(74-38-46-30-20-13-21-31-46)49(79-62)41-72-36-44-26-16-11-17-27-44/h11-35,49-63H,36-43H2,1-10H3/t49-,50-,51-,52-,53-,54+,55+,56+,57+,58-,59-,60-,61-,62+,63-/m1/s1. The lowest BCUT2D eigenvalue weighted by Crippen LogP contribution is -2.67. The molecule has 5 aromatic rings. The van der Waals surface area contributed by atoms with E-state index in [2.05, 4.69) is 0 Å². The van der Waals surface area contributed by atoms with Crippen LogP contribution in [0.1, 0.15) is 97.1 Å². The zero-order chi connectivity index (χ0) is 61.3. The average Bonchev–Trinajstić information content (AvgIpc) is 1.74. The van der Waals surface area contributed by atoms with Crippen LogP contribution in [0.3, 0.4) is 0 Å². The number of esters is 2. The minimum absolute atomic E-state index is 0.00686. The number of hydrogen-bond acceptors (Lipinski definition) is 18. The van der Waals surface area contributed by atoms with Gasteiger partial charge in [-0.25, -0.2) is 0 Å². The molecule has 18 nitrogen and oxygen atoms in total. The molecular formula is C69H86O18.